The van der Waals surface area contributed by atoms with Crippen LogP contribution in [0.4, 0.5) is 16.6 Å². The molecule has 3 heterocycles. The summed E-state index contributed by atoms with van der Waals surface area (Å²) in [4.78, 5) is 13.1. The summed E-state index contributed by atoms with van der Waals surface area (Å²) in [5.41, 5.74) is 6.26. The standard InChI is InChI=1S/C12H14ClN5S/c13-10-7-9(14)8-16-11(10)17-2-4-18(5-3-17)12-15-1-6-19-12/h1,6-8H,2-5,14H2. The lowest BCUT2D eigenvalue weighted by Gasteiger charge is -2.35. The highest BCUT2D eigenvalue weighted by molar-refractivity contribution is 7.13. The van der Waals surface area contributed by atoms with E-state index in [1.807, 2.05) is 11.6 Å². The molecule has 2 aromatic heterocycles. The monoisotopic (exact) mass is 295 g/mol. The van der Waals surface area contributed by atoms with Crippen LogP contribution < -0.4 is 15.5 Å². The molecule has 0 atom stereocenters. The summed E-state index contributed by atoms with van der Waals surface area (Å²) >= 11 is 7.86. The maximum atomic E-state index is 6.19. The van der Waals surface area contributed by atoms with Crippen molar-refractivity contribution in [3.63, 3.8) is 0 Å². The van der Waals surface area contributed by atoms with E-state index in [0.29, 0.717) is 10.7 Å². The van der Waals surface area contributed by atoms with Gasteiger partial charge in [-0.3, -0.25) is 0 Å². The molecule has 0 spiro atoms. The second-order valence-corrected chi connectivity index (χ2v) is 5.64. The topological polar surface area (TPSA) is 58.3 Å². The molecule has 3 rings (SSSR count). The predicted molar refractivity (Wildman–Crippen MR) is 80.2 cm³/mol. The van der Waals surface area contributed by atoms with Crippen LogP contribution in [0.2, 0.25) is 5.02 Å². The van der Waals surface area contributed by atoms with Crippen molar-refractivity contribution in [1.82, 2.24) is 9.97 Å². The van der Waals surface area contributed by atoms with Crippen LogP contribution in [-0.4, -0.2) is 36.1 Å². The zero-order valence-electron chi connectivity index (χ0n) is 10.3. The van der Waals surface area contributed by atoms with Gasteiger partial charge in [0.05, 0.1) is 16.9 Å². The second-order valence-electron chi connectivity index (χ2n) is 4.36. The molecule has 1 aliphatic heterocycles. The fraction of sp³-hybridized carbons (Fsp3) is 0.333. The van der Waals surface area contributed by atoms with Crippen molar-refractivity contribution in [2.75, 3.05) is 41.7 Å². The van der Waals surface area contributed by atoms with Crippen molar-refractivity contribution < 1.29 is 0 Å². The summed E-state index contributed by atoms with van der Waals surface area (Å²) in [6.45, 7) is 3.62. The largest absolute Gasteiger partial charge is 0.397 e. The highest BCUT2D eigenvalue weighted by atomic mass is 35.5. The smallest absolute Gasteiger partial charge is 0.185 e. The SMILES string of the molecule is Nc1cnc(N2CCN(c3nccs3)CC2)c(Cl)c1. The van der Waals surface area contributed by atoms with Gasteiger partial charge in [0, 0.05) is 37.8 Å². The first kappa shape index (κ1) is 12.5. The molecule has 0 aromatic carbocycles. The van der Waals surface area contributed by atoms with Crippen LogP contribution in [0.25, 0.3) is 0 Å². The van der Waals surface area contributed by atoms with Gasteiger partial charge in [0.1, 0.15) is 5.82 Å². The molecule has 5 nitrogen and oxygen atoms in total. The zero-order valence-corrected chi connectivity index (χ0v) is 11.9. The van der Waals surface area contributed by atoms with E-state index in [0.717, 1.165) is 37.1 Å². The van der Waals surface area contributed by atoms with Gasteiger partial charge in [0.2, 0.25) is 0 Å². The Bertz CT molecular complexity index is 551. The highest BCUT2D eigenvalue weighted by Gasteiger charge is 2.21. The summed E-state index contributed by atoms with van der Waals surface area (Å²) in [5.74, 6) is 0.814. The Labute approximate surface area is 120 Å². The number of halogens is 1. The van der Waals surface area contributed by atoms with Crippen molar-refractivity contribution in [3.8, 4) is 0 Å². The third kappa shape index (κ3) is 2.59. The van der Waals surface area contributed by atoms with E-state index in [2.05, 4.69) is 19.8 Å². The third-order valence-electron chi connectivity index (χ3n) is 3.11. The molecule has 19 heavy (non-hydrogen) atoms. The number of nitrogen functional groups attached to an aromatic ring is 1. The normalized spacial score (nSPS) is 15.8. The van der Waals surface area contributed by atoms with E-state index in [1.165, 1.54) is 0 Å². The molecule has 0 aliphatic carbocycles. The van der Waals surface area contributed by atoms with Crippen LogP contribution in [0.5, 0.6) is 0 Å². The maximum Gasteiger partial charge on any atom is 0.185 e. The fourth-order valence-electron chi connectivity index (χ4n) is 2.16. The van der Waals surface area contributed by atoms with Crippen LogP contribution in [0.15, 0.2) is 23.8 Å². The molecule has 1 saturated heterocycles. The molecule has 1 fully saturated rings. The summed E-state index contributed by atoms with van der Waals surface area (Å²) in [6.07, 6.45) is 3.49. The summed E-state index contributed by atoms with van der Waals surface area (Å²) < 4.78 is 0. The number of hydrogen-bond donors (Lipinski definition) is 1. The Morgan fingerprint density at radius 2 is 1.89 bits per heavy atom. The fourth-order valence-corrected chi connectivity index (χ4v) is 3.15. The van der Waals surface area contributed by atoms with Crippen molar-refractivity contribution in [3.05, 3.63) is 28.9 Å². The van der Waals surface area contributed by atoms with E-state index in [-0.39, 0.29) is 0 Å². The molecule has 1 aliphatic rings. The average molecular weight is 296 g/mol. The summed E-state index contributed by atoms with van der Waals surface area (Å²) in [6, 6.07) is 1.75. The number of rotatable bonds is 2. The lowest BCUT2D eigenvalue weighted by molar-refractivity contribution is 0.646. The van der Waals surface area contributed by atoms with Gasteiger partial charge in [-0.25, -0.2) is 9.97 Å². The molecule has 0 saturated carbocycles. The van der Waals surface area contributed by atoms with E-state index in [9.17, 15) is 0 Å². The molecule has 0 bridgehead atoms. The Balaban J connectivity index is 1.70. The first-order valence-electron chi connectivity index (χ1n) is 6.04. The molecule has 100 valence electrons. The summed E-state index contributed by atoms with van der Waals surface area (Å²) in [7, 11) is 0. The van der Waals surface area contributed by atoms with E-state index in [1.54, 1.807) is 23.6 Å². The molecule has 0 radical (unpaired) electrons. The van der Waals surface area contributed by atoms with Gasteiger partial charge in [-0.05, 0) is 6.07 Å². The highest BCUT2D eigenvalue weighted by Crippen LogP contribution is 2.27. The van der Waals surface area contributed by atoms with Crippen LogP contribution in [0.1, 0.15) is 0 Å². The predicted octanol–water partition coefficient (Wildman–Crippen LogP) is 2.10. The minimum atomic E-state index is 0.593. The molecular formula is C12H14ClN5S. The minimum Gasteiger partial charge on any atom is -0.397 e. The van der Waals surface area contributed by atoms with Crippen molar-refractivity contribution in [2.24, 2.45) is 0 Å². The first-order chi connectivity index (χ1) is 9.24. The van der Waals surface area contributed by atoms with Gasteiger partial charge in [-0.2, -0.15) is 0 Å². The van der Waals surface area contributed by atoms with E-state index >= 15 is 0 Å². The van der Waals surface area contributed by atoms with Gasteiger partial charge in [-0.1, -0.05) is 11.6 Å². The Morgan fingerprint density at radius 3 is 2.53 bits per heavy atom. The van der Waals surface area contributed by atoms with Gasteiger partial charge in [0.15, 0.2) is 5.13 Å². The third-order valence-corrected chi connectivity index (χ3v) is 4.22. The minimum absolute atomic E-state index is 0.593. The maximum absolute atomic E-state index is 6.19. The number of pyridine rings is 1. The van der Waals surface area contributed by atoms with Gasteiger partial charge >= 0.3 is 0 Å². The Morgan fingerprint density at radius 1 is 1.16 bits per heavy atom. The van der Waals surface area contributed by atoms with Crippen LogP contribution in [0, 0.1) is 0 Å². The number of aromatic nitrogens is 2. The lowest BCUT2D eigenvalue weighted by atomic mass is 10.3. The molecule has 2 aromatic rings. The number of nitrogens with two attached hydrogens (primary N) is 1. The van der Waals surface area contributed by atoms with Crippen LogP contribution >= 0.6 is 22.9 Å². The first-order valence-corrected chi connectivity index (χ1v) is 7.30. The van der Waals surface area contributed by atoms with E-state index in [4.69, 9.17) is 17.3 Å². The number of piperazine rings is 1. The average Bonchev–Trinajstić information content (AvgIpc) is 2.93. The lowest BCUT2D eigenvalue weighted by Crippen LogP contribution is -2.46. The van der Waals surface area contributed by atoms with Gasteiger partial charge < -0.3 is 15.5 Å². The van der Waals surface area contributed by atoms with Crippen molar-refractivity contribution in [2.45, 2.75) is 0 Å². The molecule has 0 unspecified atom stereocenters. The Kier molecular flexibility index (Phi) is 3.44. The quantitative estimate of drug-likeness (QED) is 0.919. The zero-order chi connectivity index (χ0) is 13.2. The van der Waals surface area contributed by atoms with Crippen LogP contribution in [-0.2, 0) is 0 Å². The molecule has 0 amide bonds. The second kappa shape index (κ2) is 5.22. The summed E-state index contributed by atoms with van der Waals surface area (Å²) in [5, 5.41) is 3.69. The molecular weight excluding hydrogens is 282 g/mol. The van der Waals surface area contributed by atoms with Gasteiger partial charge in [0.25, 0.3) is 0 Å². The number of anilines is 3. The van der Waals surface area contributed by atoms with E-state index < -0.39 is 0 Å². The Hall–Kier alpha value is -1.53. The van der Waals surface area contributed by atoms with Crippen molar-refractivity contribution >= 4 is 39.6 Å². The van der Waals surface area contributed by atoms with Crippen molar-refractivity contribution in [1.29, 1.82) is 0 Å². The molecule has 2 N–H and O–H groups in total. The number of nitrogens with zero attached hydrogens (tertiary/aromatic N) is 4. The van der Waals surface area contributed by atoms with Crippen LogP contribution in [0.3, 0.4) is 0 Å². The van der Waals surface area contributed by atoms with Gasteiger partial charge in [-0.15, -0.1) is 11.3 Å². The molecule has 7 heteroatoms. The number of hydrogen-bond acceptors (Lipinski definition) is 6. The number of thiazole rings is 1.